The van der Waals surface area contributed by atoms with Crippen LogP contribution in [0, 0.1) is 6.92 Å². The van der Waals surface area contributed by atoms with Crippen molar-refractivity contribution in [3.05, 3.63) is 23.5 Å². The zero-order chi connectivity index (χ0) is 16.5. The summed E-state index contributed by atoms with van der Waals surface area (Å²) in [5.41, 5.74) is 4.70. The molecule has 1 fully saturated rings. The second kappa shape index (κ2) is 9.66. The van der Waals surface area contributed by atoms with E-state index in [1.807, 2.05) is 19.2 Å². The smallest absolute Gasteiger partial charge is 0.108 e. The van der Waals surface area contributed by atoms with Gasteiger partial charge in [0.2, 0.25) is 0 Å². The van der Waals surface area contributed by atoms with Crippen molar-refractivity contribution in [2.45, 2.75) is 71.3 Å². The molecule has 128 valence electrons. The van der Waals surface area contributed by atoms with Gasteiger partial charge in [-0.1, -0.05) is 32.6 Å². The summed E-state index contributed by atoms with van der Waals surface area (Å²) in [7, 11) is 2.07. The summed E-state index contributed by atoms with van der Waals surface area (Å²) in [4.78, 5) is 8.86. The summed E-state index contributed by atoms with van der Waals surface area (Å²) in [5, 5.41) is 6.59. The first-order valence-corrected chi connectivity index (χ1v) is 9.16. The summed E-state index contributed by atoms with van der Waals surface area (Å²) < 4.78 is 0. The number of aromatic nitrogens is 1. The van der Waals surface area contributed by atoms with Crippen LogP contribution in [-0.2, 0) is 0 Å². The molecule has 2 aliphatic rings. The fourth-order valence-electron chi connectivity index (χ4n) is 3.32. The molecule has 1 saturated carbocycles. The van der Waals surface area contributed by atoms with Crippen LogP contribution in [-0.4, -0.2) is 30.5 Å². The lowest BCUT2D eigenvalue weighted by atomic mass is 9.96. The number of pyridine rings is 1. The molecular weight excluding hydrogens is 284 g/mol. The Kier molecular flexibility index (Phi) is 7.53. The molecule has 23 heavy (non-hydrogen) atoms. The lowest BCUT2D eigenvalue weighted by Gasteiger charge is -2.20. The molecule has 0 bridgehead atoms. The average molecular weight is 316 g/mol. The number of hydrogen-bond donors (Lipinski definition) is 2. The molecule has 1 aliphatic heterocycles. The van der Waals surface area contributed by atoms with E-state index in [2.05, 4.69) is 34.6 Å². The van der Waals surface area contributed by atoms with Crippen molar-refractivity contribution in [3.63, 3.8) is 0 Å². The van der Waals surface area contributed by atoms with Crippen molar-refractivity contribution >= 4 is 11.4 Å². The minimum atomic E-state index is 0.704. The normalized spacial score (nSPS) is 17.4. The Bertz CT molecular complexity index is 504. The molecule has 0 spiro atoms. The zero-order valence-corrected chi connectivity index (χ0v) is 15.0. The monoisotopic (exact) mass is 316 g/mol. The predicted molar refractivity (Wildman–Crippen MR) is 99.5 cm³/mol. The van der Waals surface area contributed by atoms with Crippen molar-refractivity contribution in [2.24, 2.45) is 4.99 Å². The third-order valence-corrected chi connectivity index (χ3v) is 4.75. The van der Waals surface area contributed by atoms with E-state index in [0.29, 0.717) is 6.67 Å². The van der Waals surface area contributed by atoms with E-state index in [0.717, 1.165) is 18.2 Å². The molecule has 0 radical (unpaired) electrons. The molecule has 0 amide bonds. The Labute approximate surface area is 141 Å². The van der Waals surface area contributed by atoms with Crippen LogP contribution in [0.3, 0.4) is 0 Å². The fourth-order valence-corrected chi connectivity index (χ4v) is 3.32. The van der Waals surface area contributed by atoms with E-state index >= 15 is 0 Å². The van der Waals surface area contributed by atoms with Gasteiger partial charge in [0.25, 0.3) is 0 Å². The SMILES string of the molecule is CCCCC1=NCNc2ccnc(C)c21.CNC1CCCCC1. The van der Waals surface area contributed by atoms with Crippen LogP contribution in [0.15, 0.2) is 17.3 Å². The average Bonchev–Trinajstić information content (AvgIpc) is 2.61. The Balaban J connectivity index is 0.000000203. The second-order valence-corrected chi connectivity index (χ2v) is 6.49. The number of unbranched alkanes of at least 4 members (excludes halogenated alkanes) is 1. The van der Waals surface area contributed by atoms with E-state index in [1.165, 1.54) is 61.9 Å². The van der Waals surface area contributed by atoms with E-state index in [4.69, 9.17) is 0 Å². The van der Waals surface area contributed by atoms with Crippen LogP contribution >= 0.6 is 0 Å². The van der Waals surface area contributed by atoms with E-state index in [1.54, 1.807) is 0 Å². The van der Waals surface area contributed by atoms with Crippen LogP contribution in [0.5, 0.6) is 0 Å². The van der Waals surface area contributed by atoms with Crippen molar-refractivity contribution in [3.8, 4) is 0 Å². The summed E-state index contributed by atoms with van der Waals surface area (Å²) in [5.74, 6) is 0. The standard InChI is InChI=1S/C12H17N3.C7H15N/c1-3-4-5-10-12-9(2)13-7-6-11(12)15-8-14-10;1-8-7-5-3-2-4-6-7/h6-7,15H,3-5,8H2,1-2H3;7-8H,2-6H2,1H3. The first kappa shape index (κ1) is 17.9. The van der Waals surface area contributed by atoms with Crippen LogP contribution in [0.1, 0.15) is 69.5 Å². The molecule has 0 aromatic carbocycles. The first-order valence-electron chi connectivity index (χ1n) is 9.16. The van der Waals surface area contributed by atoms with Crippen LogP contribution < -0.4 is 10.6 Å². The van der Waals surface area contributed by atoms with Gasteiger partial charge >= 0.3 is 0 Å². The van der Waals surface area contributed by atoms with Gasteiger partial charge in [-0.05, 0) is 45.7 Å². The highest BCUT2D eigenvalue weighted by Crippen LogP contribution is 2.23. The van der Waals surface area contributed by atoms with Gasteiger partial charge in [-0.15, -0.1) is 0 Å². The van der Waals surface area contributed by atoms with Crippen molar-refractivity contribution in [1.29, 1.82) is 0 Å². The maximum Gasteiger partial charge on any atom is 0.108 e. The molecule has 4 nitrogen and oxygen atoms in total. The molecule has 2 heterocycles. The van der Waals surface area contributed by atoms with Gasteiger partial charge in [-0.3, -0.25) is 9.98 Å². The molecule has 1 aliphatic carbocycles. The van der Waals surface area contributed by atoms with Gasteiger partial charge in [-0.2, -0.15) is 0 Å². The van der Waals surface area contributed by atoms with Gasteiger partial charge in [0.05, 0.1) is 0 Å². The number of nitrogens with zero attached hydrogens (tertiary/aromatic N) is 2. The van der Waals surface area contributed by atoms with Crippen LogP contribution in [0.25, 0.3) is 0 Å². The van der Waals surface area contributed by atoms with Gasteiger partial charge in [-0.25, -0.2) is 0 Å². The maximum atomic E-state index is 4.53. The summed E-state index contributed by atoms with van der Waals surface area (Å²) in [6, 6.07) is 2.87. The molecule has 1 aromatic heterocycles. The molecule has 1 aromatic rings. The largest absolute Gasteiger partial charge is 0.366 e. The summed E-state index contributed by atoms with van der Waals surface area (Å²) in [6.45, 7) is 4.96. The Hall–Kier alpha value is -1.42. The van der Waals surface area contributed by atoms with E-state index in [-0.39, 0.29) is 0 Å². The fraction of sp³-hybridized carbons (Fsp3) is 0.684. The number of rotatable bonds is 4. The number of nitrogens with one attached hydrogen (secondary N) is 2. The molecule has 2 N–H and O–H groups in total. The van der Waals surface area contributed by atoms with Crippen LogP contribution in [0.2, 0.25) is 0 Å². The third-order valence-electron chi connectivity index (χ3n) is 4.75. The summed E-state index contributed by atoms with van der Waals surface area (Å²) in [6.07, 6.45) is 12.5. The highest BCUT2D eigenvalue weighted by Gasteiger charge is 2.15. The minimum Gasteiger partial charge on any atom is -0.366 e. The zero-order valence-electron chi connectivity index (χ0n) is 15.0. The highest BCUT2D eigenvalue weighted by molar-refractivity contribution is 6.06. The van der Waals surface area contributed by atoms with Crippen molar-refractivity contribution in [1.82, 2.24) is 10.3 Å². The molecular formula is C19H32N4. The predicted octanol–water partition coefficient (Wildman–Crippen LogP) is 4.29. The molecule has 3 rings (SSSR count). The summed E-state index contributed by atoms with van der Waals surface area (Å²) >= 11 is 0. The number of hydrogen-bond acceptors (Lipinski definition) is 4. The van der Waals surface area contributed by atoms with E-state index in [9.17, 15) is 0 Å². The Morgan fingerprint density at radius 2 is 2.04 bits per heavy atom. The van der Waals surface area contributed by atoms with E-state index < -0.39 is 0 Å². The maximum absolute atomic E-state index is 4.53. The number of anilines is 1. The van der Waals surface area contributed by atoms with Gasteiger partial charge < -0.3 is 10.6 Å². The second-order valence-electron chi connectivity index (χ2n) is 6.49. The highest BCUT2D eigenvalue weighted by atomic mass is 15.0. The Morgan fingerprint density at radius 1 is 1.26 bits per heavy atom. The topological polar surface area (TPSA) is 49.3 Å². The number of aliphatic imine (C=N–C) groups is 1. The van der Waals surface area contributed by atoms with Crippen molar-refractivity contribution < 1.29 is 0 Å². The van der Waals surface area contributed by atoms with Crippen LogP contribution in [0.4, 0.5) is 5.69 Å². The molecule has 4 heteroatoms. The molecule has 0 unspecified atom stereocenters. The molecule has 0 atom stereocenters. The molecule has 0 saturated heterocycles. The van der Waals surface area contributed by atoms with Gasteiger partial charge in [0.15, 0.2) is 0 Å². The quantitative estimate of drug-likeness (QED) is 0.871. The lowest BCUT2D eigenvalue weighted by Crippen LogP contribution is -2.26. The minimum absolute atomic E-state index is 0.704. The Morgan fingerprint density at radius 3 is 2.70 bits per heavy atom. The van der Waals surface area contributed by atoms with Gasteiger partial charge in [0, 0.05) is 34.9 Å². The lowest BCUT2D eigenvalue weighted by molar-refractivity contribution is 0.394. The van der Waals surface area contributed by atoms with Crippen molar-refractivity contribution in [2.75, 3.05) is 19.0 Å². The van der Waals surface area contributed by atoms with Gasteiger partial charge in [0.1, 0.15) is 6.67 Å². The third kappa shape index (κ3) is 5.31. The number of aryl methyl sites for hydroxylation is 1. The number of fused-ring (bicyclic) bond motifs is 1. The first-order chi connectivity index (χ1) is 11.3.